The van der Waals surface area contributed by atoms with Crippen LogP contribution >= 0.6 is 0 Å². The summed E-state index contributed by atoms with van der Waals surface area (Å²) in [6.07, 6.45) is 2.26. The molecule has 29 heavy (non-hydrogen) atoms. The molecule has 1 amide bonds. The Kier molecular flexibility index (Phi) is 6.13. The number of carbonyl (C=O) groups is 1. The van der Waals surface area contributed by atoms with E-state index in [9.17, 15) is 13.2 Å². The number of amides is 1. The monoisotopic (exact) mass is 411 g/mol. The lowest BCUT2D eigenvalue weighted by molar-refractivity contribution is -0.122. The molecule has 0 fully saturated rings. The number of ether oxygens (including phenoxy) is 1. The third-order valence-corrected chi connectivity index (χ3v) is 5.45. The van der Waals surface area contributed by atoms with Crippen molar-refractivity contribution in [2.45, 2.75) is 24.8 Å². The molecule has 0 aliphatic rings. The number of sulfonamides is 1. The molecule has 0 saturated heterocycles. The number of pyridine rings is 1. The summed E-state index contributed by atoms with van der Waals surface area (Å²) in [5.74, 6) is 0.260. The molecular formula is C21H21N3O4S. The van der Waals surface area contributed by atoms with Crippen molar-refractivity contribution in [3.63, 3.8) is 0 Å². The maximum atomic E-state index is 12.4. The van der Waals surface area contributed by atoms with Crippen LogP contribution in [0.25, 0.3) is 0 Å². The van der Waals surface area contributed by atoms with Crippen LogP contribution in [-0.4, -0.2) is 25.4 Å². The van der Waals surface area contributed by atoms with Crippen LogP contribution in [0, 0.1) is 6.92 Å². The van der Waals surface area contributed by atoms with Crippen LogP contribution in [0.4, 0.5) is 11.4 Å². The van der Waals surface area contributed by atoms with Gasteiger partial charge in [-0.2, -0.15) is 0 Å². The van der Waals surface area contributed by atoms with Crippen LogP contribution in [-0.2, 0) is 14.8 Å². The molecule has 0 aliphatic heterocycles. The van der Waals surface area contributed by atoms with Crippen molar-refractivity contribution < 1.29 is 17.9 Å². The molecule has 0 unspecified atom stereocenters. The molecule has 2 aromatic carbocycles. The molecule has 0 spiro atoms. The highest BCUT2D eigenvalue weighted by Crippen LogP contribution is 2.18. The number of aryl methyl sites for hydroxylation is 1. The molecule has 1 aromatic heterocycles. The van der Waals surface area contributed by atoms with E-state index in [0.29, 0.717) is 17.1 Å². The summed E-state index contributed by atoms with van der Waals surface area (Å²) < 4.78 is 32.9. The second kappa shape index (κ2) is 8.74. The number of rotatable bonds is 7. The van der Waals surface area contributed by atoms with Crippen LogP contribution in [0.1, 0.15) is 12.5 Å². The lowest BCUT2D eigenvalue weighted by Crippen LogP contribution is -2.30. The summed E-state index contributed by atoms with van der Waals surface area (Å²) in [5, 5.41) is 2.71. The number of anilines is 2. The Morgan fingerprint density at radius 3 is 2.31 bits per heavy atom. The van der Waals surface area contributed by atoms with Crippen molar-refractivity contribution in [2.75, 3.05) is 10.0 Å². The Morgan fingerprint density at radius 1 is 1.00 bits per heavy atom. The minimum absolute atomic E-state index is 0.0725. The highest BCUT2D eigenvalue weighted by Gasteiger charge is 2.17. The summed E-state index contributed by atoms with van der Waals surface area (Å²) in [4.78, 5) is 16.3. The zero-order chi connectivity index (χ0) is 20.9. The van der Waals surface area contributed by atoms with Gasteiger partial charge in [0.15, 0.2) is 6.10 Å². The summed E-state index contributed by atoms with van der Waals surface area (Å²) in [6.45, 7) is 3.61. The SMILES string of the molecule is Cc1ccc(O[C@H](C)C(=O)Nc2ccc(S(=O)(=O)Nc3cccnc3)cc2)cc1. The van der Waals surface area contributed by atoms with Gasteiger partial charge >= 0.3 is 0 Å². The number of hydrogen-bond donors (Lipinski definition) is 2. The normalized spacial score (nSPS) is 12.1. The number of nitrogens with zero attached hydrogens (tertiary/aromatic N) is 1. The molecule has 0 radical (unpaired) electrons. The number of carbonyl (C=O) groups excluding carboxylic acids is 1. The molecule has 3 aromatic rings. The van der Waals surface area contributed by atoms with E-state index in [2.05, 4.69) is 15.0 Å². The largest absolute Gasteiger partial charge is 0.481 e. The lowest BCUT2D eigenvalue weighted by atomic mass is 10.2. The first-order valence-electron chi connectivity index (χ1n) is 8.90. The Balaban J connectivity index is 1.62. The van der Waals surface area contributed by atoms with Crippen LogP contribution < -0.4 is 14.8 Å². The van der Waals surface area contributed by atoms with Gasteiger partial charge in [0.1, 0.15) is 5.75 Å². The quantitative estimate of drug-likeness (QED) is 0.619. The Hall–Kier alpha value is -3.39. The molecule has 150 valence electrons. The summed E-state index contributed by atoms with van der Waals surface area (Å²) in [6, 6.07) is 16.5. The van der Waals surface area contributed by atoms with Gasteiger partial charge in [0.2, 0.25) is 0 Å². The maximum Gasteiger partial charge on any atom is 0.265 e. The van der Waals surface area contributed by atoms with Crippen molar-refractivity contribution in [3.05, 3.63) is 78.6 Å². The van der Waals surface area contributed by atoms with Gasteiger partial charge in [-0.1, -0.05) is 17.7 Å². The predicted molar refractivity (Wildman–Crippen MR) is 111 cm³/mol. The van der Waals surface area contributed by atoms with Gasteiger partial charge in [0.25, 0.3) is 15.9 Å². The average molecular weight is 411 g/mol. The van der Waals surface area contributed by atoms with E-state index in [1.165, 1.54) is 30.5 Å². The van der Waals surface area contributed by atoms with E-state index < -0.39 is 16.1 Å². The summed E-state index contributed by atoms with van der Waals surface area (Å²) in [5.41, 5.74) is 1.93. The van der Waals surface area contributed by atoms with Gasteiger partial charge in [-0.05, 0) is 62.4 Å². The molecule has 3 rings (SSSR count). The van der Waals surface area contributed by atoms with Crippen molar-refractivity contribution >= 4 is 27.3 Å². The molecular weight excluding hydrogens is 390 g/mol. The fourth-order valence-corrected chi connectivity index (χ4v) is 3.52. The zero-order valence-electron chi connectivity index (χ0n) is 16.0. The molecule has 1 atom stereocenters. The molecule has 0 bridgehead atoms. The number of aromatic nitrogens is 1. The minimum Gasteiger partial charge on any atom is -0.481 e. The molecule has 7 nitrogen and oxygen atoms in total. The Morgan fingerprint density at radius 2 is 1.69 bits per heavy atom. The van der Waals surface area contributed by atoms with Gasteiger partial charge in [-0.3, -0.25) is 14.5 Å². The molecule has 2 N–H and O–H groups in total. The average Bonchev–Trinajstić information content (AvgIpc) is 2.70. The van der Waals surface area contributed by atoms with E-state index in [4.69, 9.17) is 4.74 Å². The third kappa shape index (κ3) is 5.55. The van der Waals surface area contributed by atoms with Gasteiger partial charge in [-0.15, -0.1) is 0 Å². The fraction of sp³-hybridized carbons (Fsp3) is 0.143. The lowest BCUT2D eigenvalue weighted by Gasteiger charge is -2.15. The number of benzene rings is 2. The number of hydrogen-bond acceptors (Lipinski definition) is 5. The van der Waals surface area contributed by atoms with Crippen molar-refractivity contribution in [1.82, 2.24) is 4.98 Å². The van der Waals surface area contributed by atoms with Crippen LogP contribution in [0.2, 0.25) is 0 Å². The van der Waals surface area contributed by atoms with E-state index in [0.717, 1.165) is 5.56 Å². The van der Waals surface area contributed by atoms with Crippen molar-refractivity contribution in [3.8, 4) is 5.75 Å². The van der Waals surface area contributed by atoms with Gasteiger partial charge < -0.3 is 10.1 Å². The van der Waals surface area contributed by atoms with Crippen LogP contribution in [0.15, 0.2) is 78.0 Å². The van der Waals surface area contributed by atoms with Gasteiger partial charge in [-0.25, -0.2) is 8.42 Å². The van der Waals surface area contributed by atoms with Crippen LogP contribution in [0.5, 0.6) is 5.75 Å². The van der Waals surface area contributed by atoms with Crippen molar-refractivity contribution in [2.24, 2.45) is 0 Å². The molecule has 0 saturated carbocycles. The first kappa shape index (κ1) is 20.3. The van der Waals surface area contributed by atoms with E-state index in [1.807, 2.05) is 19.1 Å². The number of nitrogens with one attached hydrogen (secondary N) is 2. The molecule has 8 heteroatoms. The van der Waals surface area contributed by atoms with Crippen molar-refractivity contribution in [1.29, 1.82) is 0 Å². The second-order valence-electron chi connectivity index (χ2n) is 6.43. The smallest absolute Gasteiger partial charge is 0.265 e. The highest BCUT2D eigenvalue weighted by molar-refractivity contribution is 7.92. The minimum atomic E-state index is -3.75. The van der Waals surface area contributed by atoms with Crippen LogP contribution in [0.3, 0.4) is 0 Å². The van der Waals surface area contributed by atoms with E-state index in [1.54, 1.807) is 37.4 Å². The molecule has 1 heterocycles. The maximum absolute atomic E-state index is 12.4. The summed E-state index contributed by atoms with van der Waals surface area (Å²) in [7, 11) is -3.75. The van der Waals surface area contributed by atoms with Gasteiger partial charge in [0.05, 0.1) is 16.8 Å². The van der Waals surface area contributed by atoms with E-state index in [-0.39, 0.29) is 10.8 Å². The summed E-state index contributed by atoms with van der Waals surface area (Å²) >= 11 is 0. The zero-order valence-corrected chi connectivity index (χ0v) is 16.8. The predicted octanol–water partition coefficient (Wildman–Crippen LogP) is 3.60. The first-order chi connectivity index (χ1) is 13.8. The third-order valence-electron chi connectivity index (χ3n) is 4.05. The standard InChI is InChI=1S/C21H21N3O4S/c1-15-5-9-19(10-6-15)28-16(2)21(25)23-17-7-11-20(12-8-17)29(26,27)24-18-4-3-13-22-14-18/h3-14,16,24H,1-2H3,(H,23,25)/t16-/m1/s1. The van der Waals surface area contributed by atoms with E-state index >= 15 is 0 Å². The Labute approximate surface area is 169 Å². The highest BCUT2D eigenvalue weighted by atomic mass is 32.2. The topological polar surface area (TPSA) is 97.4 Å². The molecule has 0 aliphatic carbocycles. The Bertz CT molecular complexity index is 1070. The van der Waals surface area contributed by atoms with Gasteiger partial charge in [0, 0.05) is 11.9 Å². The fourth-order valence-electron chi connectivity index (χ4n) is 2.47. The first-order valence-corrected chi connectivity index (χ1v) is 10.4. The second-order valence-corrected chi connectivity index (χ2v) is 8.12.